The molecule has 7 nitrogen and oxygen atoms in total. The predicted molar refractivity (Wildman–Crippen MR) is 111 cm³/mol. The van der Waals surface area contributed by atoms with Gasteiger partial charge in [0.05, 0.1) is 12.2 Å². The SMILES string of the molecule is CCc1nccn1CC(=O)N1CCCCNC(=O)c2cc(Cl)ccc2OCCC1. The summed E-state index contributed by atoms with van der Waals surface area (Å²) in [4.78, 5) is 31.5. The second-order valence-electron chi connectivity index (χ2n) is 7.01. The average Bonchev–Trinajstić information content (AvgIpc) is 3.16. The number of benzene rings is 1. The highest BCUT2D eigenvalue weighted by atomic mass is 35.5. The van der Waals surface area contributed by atoms with Crippen LogP contribution in [0.2, 0.25) is 5.02 Å². The van der Waals surface area contributed by atoms with E-state index in [0.29, 0.717) is 55.5 Å². The normalized spacial score (nSPS) is 15.9. The Morgan fingerprint density at radius 1 is 1.28 bits per heavy atom. The molecule has 2 aromatic rings. The lowest BCUT2D eigenvalue weighted by atomic mass is 10.2. The van der Waals surface area contributed by atoms with Gasteiger partial charge in [-0.3, -0.25) is 9.59 Å². The van der Waals surface area contributed by atoms with Gasteiger partial charge in [0.25, 0.3) is 5.91 Å². The minimum Gasteiger partial charge on any atom is -0.493 e. The van der Waals surface area contributed by atoms with Gasteiger partial charge in [0.15, 0.2) is 0 Å². The monoisotopic (exact) mass is 418 g/mol. The van der Waals surface area contributed by atoms with Crippen molar-refractivity contribution in [2.75, 3.05) is 26.2 Å². The second-order valence-corrected chi connectivity index (χ2v) is 7.45. The number of carbonyl (C=O) groups is 2. The van der Waals surface area contributed by atoms with Crippen LogP contribution in [0.1, 0.15) is 42.4 Å². The Labute approximate surface area is 176 Å². The molecule has 29 heavy (non-hydrogen) atoms. The molecule has 2 heterocycles. The second kappa shape index (κ2) is 10.3. The minimum absolute atomic E-state index is 0.0730. The van der Waals surface area contributed by atoms with Crippen molar-refractivity contribution in [3.05, 3.63) is 47.0 Å². The van der Waals surface area contributed by atoms with Crippen molar-refractivity contribution in [1.29, 1.82) is 0 Å². The van der Waals surface area contributed by atoms with Gasteiger partial charge < -0.3 is 19.5 Å². The van der Waals surface area contributed by atoms with Crippen molar-refractivity contribution in [2.24, 2.45) is 0 Å². The Morgan fingerprint density at radius 2 is 2.10 bits per heavy atom. The standard InChI is InChI=1S/C21H27ClN4O3/c1-2-19-23-9-12-26(19)15-20(27)25-10-4-3-8-24-21(28)17-14-16(22)6-7-18(17)29-13-5-11-25/h6-7,9,12,14H,2-5,8,10-11,13,15H2,1H3,(H,24,28). The first-order valence-electron chi connectivity index (χ1n) is 10.1. The molecule has 2 amide bonds. The maximum absolute atomic E-state index is 12.9. The lowest BCUT2D eigenvalue weighted by Gasteiger charge is -2.23. The Hall–Kier alpha value is -2.54. The van der Waals surface area contributed by atoms with Gasteiger partial charge in [-0.2, -0.15) is 0 Å². The number of hydrogen-bond donors (Lipinski definition) is 1. The van der Waals surface area contributed by atoms with E-state index in [9.17, 15) is 9.59 Å². The smallest absolute Gasteiger partial charge is 0.255 e. The quantitative estimate of drug-likeness (QED) is 0.831. The molecule has 1 aliphatic heterocycles. The zero-order chi connectivity index (χ0) is 20.6. The number of amides is 2. The van der Waals surface area contributed by atoms with Gasteiger partial charge in [0, 0.05) is 43.5 Å². The molecule has 1 aliphatic rings. The summed E-state index contributed by atoms with van der Waals surface area (Å²) in [7, 11) is 0. The molecule has 0 atom stereocenters. The first kappa shape index (κ1) is 21.2. The highest BCUT2D eigenvalue weighted by molar-refractivity contribution is 6.31. The number of imidazole rings is 1. The highest BCUT2D eigenvalue weighted by Gasteiger charge is 2.17. The average molecular weight is 419 g/mol. The molecule has 0 saturated heterocycles. The van der Waals surface area contributed by atoms with Crippen LogP contribution in [0.25, 0.3) is 0 Å². The van der Waals surface area contributed by atoms with Crippen molar-refractivity contribution in [2.45, 2.75) is 39.2 Å². The molecule has 8 heteroatoms. The van der Waals surface area contributed by atoms with Crippen LogP contribution in [0.4, 0.5) is 0 Å². The summed E-state index contributed by atoms with van der Waals surface area (Å²) in [6, 6.07) is 5.04. The van der Waals surface area contributed by atoms with E-state index < -0.39 is 0 Å². The van der Waals surface area contributed by atoms with Crippen molar-refractivity contribution in [3.8, 4) is 5.75 Å². The van der Waals surface area contributed by atoms with Crippen LogP contribution in [-0.2, 0) is 17.8 Å². The van der Waals surface area contributed by atoms with Gasteiger partial charge in [-0.05, 0) is 37.5 Å². The van der Waals surface area contributed by atoms with Crippen molar-refractivity contribution >= 4 is 23.4 Å². The summed E-state index contributed by atoms with van der Waals surface area (Å²) >= 11 is 6.04. The Balaban J connectivity index is 1.66. The van der Waals surface area contributed by atoms with E-state index in [1.54, 1.807) is 24.4 Å². The fourth-order valence-corrected chi connectivity index (χ4v) is 3.55. The first-order valence-corrected chi connectivity index (χ1v) is 10.4. The maximum atomic E-state index is 12.9. The number of aromatic nitrogens is 2. The van der Waals surface area contributed by atoms with Crippen LogP contribution in [0.5, 0.6) is 5.75 Å². The number of aryl methyl sites for hydroxylation is 1. The Kier molecular flexibility index (Phi) is 7.52. The van der Waals surface area contributed by atoms with Crippen molar-refractivity contribution in [1.82, 2.24) is 19.8 Å². The zero-order valence-corrected chi connectivity index (χ0v) is 17.5. The molecule has 0 radical (unpaired) electrons. The van der Waals surface area contributed by atoms with E-state index >= 15 is 0 Å². The van der Waals surface area contributed by atoms with Gasteiger partial charge in [0.2, 0.25) is 5.91 Å². The summed E-state index contributed by atoms with van der Waals surface area (Å²) in [6.45, 7) is 4.54. The molecular formula is C21H27ClN4O3. The van der Waals surface area contributed by atoms with Crippen molar-refractivity contribution in [3.63, 3.8) is 0 Å². The molecule has 0 aliphatic carbocycles. The van der Waals surface area contributed by atoms with E-state index in [0.717, 1.165) is 25.1 Å². The molecule has 1 aromatic heterocycles. The third-order valence-corrected chi connectivity index (χ3v) is 5.17. The molecule has 3 rings (SSSR count). The van der Waals surface area contributed by atoms with E-state index in [4.69, 9.17) is 16.3 Å². The van der Waals surface area contributed by atoms with Crippen LogP contribution in [-0.4, -0.2) is 52.5 Å². The molecule has 0 spiro atoms. The van der Waals surface area contributed by atoms with E-state index in [-0.39, 0.29) is 11.8 Å². The third-order valence-electron chi connectivity index (χ3n) is 4.93. The number of carbonyl (C=O) groups excluding carboxylic acids is 2. The predicted octanol–water partition coefficient (Wildman–Crippen LogP) is 2.92. The fraction of sp³-hybridized carbons (Fsp3) is 0.476. The summed E-state index contributed by atoms with van der Waals surface area (Å²) in [6.07, 6.45) is 6.65. The molecule has 0 unspecified atom stereocenters. The Morgan fingerprint density at radius 3 is 2.93 bits per heavy atom. The van der Waals surface area contributed by atoms with E-state index in [2.05, 4.69) is 10.3 Å². The summed E-state index contributed by atoms with van der Waals surface area (Å²) in [5.41, 5.74) is 0.442. The molecule has 1 N–H and O–H groups in total. The fourth-order valence-electron chi connectivity index (χ4n) is 3.37. The summed E-state index contributed by atoms with van der Waals surface area (Å²) in [5.74, 6) is 1.30. The number of ether oxygens (including phenoxy) is 1. The molecule has 0 fully saturated rings. The minimum atomic E-state index is -0.193. The molecule has 0 saturated carbocycles. The lowest BCUT2D eigenvalue weighted by molar-refractivity contribution is -0.132. The van der Waals surface area contributed by atoms with Crippen LogP contribution >= 0.6 is 11.6 Å². The van der Waals surface area contributed by atoms with Crippen molar-refractivity contribution < 1.29 is 14.3 Å². The number of halogens is 1. The molecule has 0 bridgehead atoms. The van der Waals surface area contributed by atoms with Gasteiger partial charge in [0.1, 0.15) is 18.1 Å². The molecule has 156 valence electrons. The van der Waals surface area contributed by atoms with Crippen LogP contribution in [0, 0.1) is 0 Å². The number of hydrogen-bond acceptors (Lipinski definition) is 4. The van der Waals surface area contributed by atoms with Crippen LogP contribution in [0.3, 0.4) is 0 Å². The largest absolute Gasteiger partial charge is 0.493 e. The van der Waals surface area contributed by atoms with E-state index in [1.807, 2.05) is 22.6 Å². The van der Waals surface area contributed by atoms with Gasteiger partial charge in [-0.1, -0.05) is 18.5 Å². The number of fused-ring (bicyclic) bond motifs is 1. The highest BCUT2D eigenvalue weighted by Crippen LogP contribution is 2.23. The molecular weight excluding hydrogens is 392 g/mol. The van der Waals surface area contributed by atoms with Gasteiger partial charge in [-0.15, -0.1) is 0 Å². The van der Waals surface area contributed by atoms with Crippen LogP contribution < -0.4 is 10.1 Å². The molecule has 1 aromatic carbocycles. The summed E-state index contributed by atoms with van der Waals surface area (Å²) < 4.78 is 7.73. The zero-order valence-electron chi connectivity index (χ0n) is 16.7. The lowest BCUT2D eigenvalue weighted by Crippen LogP contribution is -2.36. The maximum Gasteiger partial charge on any atom is 0.255 e. The van der Waals surface area contributed by atoms with Gasteiger partial charge in [-0.25, -0.2) is 4.98 Å². The number of nitrogens with one attached hydrogen (secondary N) is 1. The topological polar surface area (TPSA) is 76.5 Å². The summed E-state index contributed by atoms with van der Waals surface area (Å²) in [5, 5.41) is 3.40. The number of nitrogens with zero attached hydrogens (tertiary/aromatic N) is 3. The third kappa shape index (κ3) is 5.73. The Bertz CT molecular complexity index is 852. The first-order chi connectivity index (χ1) is 14.1. The van der Waals surface area contributed by atoms with Crippen LogP contribution in [0.15, 0.2) is 30.6 Å². The number of rotatable bonds is 3. The van der Waals surface area contributed by atoms with Gasteiger partial charge >= 0.3 is 0 Å². The van der Waals surface area contributed by atoms with E-state index in [1.165, 1.54) is 0 Å².